The smallest absolute Gasteiger partial charge is 0.339 e. The number of ether oxygens (including phenoxy) is 1. The number of piperazine rings is 1. The molecule has 1 amide bonds. The second-order valence-electron chi connectivity index (χ2n) is 8.92. The summed E-state index contributed by atoms with van der Waals surface area (Å²) in [6.07, 6.45) is 0. The molecule has 2 aromatic carbocycles. The van der Waals surface area contributed by atoms with Crippen molar-refractivity contribution in [3.8, 4) is 11.3 Å². The highest BCUT2D eigenvalue weighted by atomic mass is 16.5. The van der Waals surface area contributed by atoms with Crippen LogP contribution in [-0.2, 0) is 16.1 Å². The minimum atomic E-state index is -0.358. The summed E-state index contributed by atoms with van der Waals surface area (Å²) in [7, 11) is 0. The number of carbonyl (C=O) groups is 2. The second kappa shape index (κ2) is 10.2. The topological polar surface area (TPSA) is 54.8 Å². The van der Waals surface area contributed by atoms with Gasteiger partial charge in [0.05, 0.1) is 12.2 Å². The molecule has 34 heavy (non-hydrogen) atoms. The number of anilines is 1. The van der Waals surface area contributed by atoms with E-state index in [-0.39, 0.29) is 24.5 Å². The van der Waals surface area contributed by atoms with Crippen molar-refractivity contribution < 1.29 is 14.3 Å². The number of hydrogen-bond donors (Lipinski definition) is 0. The van der Waals surface area contributed by atoms with E-state index in [1.165, 1.54) is 11.3 Å². The normalized spacial score (nSPS) is 15.9. The lowest BCUT2D eigenvalue weighted by Gasteiger charge is -2.41. The fourth-order valence-electron chi connectivity index (χ4n) is 4.72. The number of carbonyl (C=O) groups excluding carboxylic acids is 2. The van der Waals surface area contributed by atoms with Crippen LogP contribution in [0.15, 0.2) is 60.7 Å². The highest BCUT2D eigenvalue weighted by molar-refractivity contribution is 5.93. The number of amides is 1. The number of benzene rings is 2. The molecule has 6 heteroatoms. The monoisotopic (exact) mass is 459 g/mol. The van der Waals surface area contributed by atoms with Crippen LogP contribution in [0.3, 0.4) is 0 Å². The van der Waals surface area contributed by atoms with Crippen molar-refractivity contribution in [2.45, 2.75) is 40.3 Å². The number of nitrogens with zero attached hydrogens (tertiary/aromatic N) is 3. The van der Waals surface area contributed by atoms with Crippen molar-refractivity contribution in [3.63, 3.8) is 0 Å². The minimum absolute atomic E-state index is 0.0574. The maximum atomic E-state index is 13.4. The van der Waals surface area contributed by atoms with Gasteiger partial charge in [-0.3, -0.25) is 4.79 Å². The molecule has 3 aromatic rings. The first-order chi connectivity index (χ1) is 16.4. The molecule has 6 nitrogen and oxygen atoms in total. The molecule has 0 unspecified atom stereocenters. The highest BCUT2D eigenvalue weighted by Crippen LogP contribution is 2.27. The van der Waals surface area contributed by atoms with Crippen LogP contribution in [0.5, 0.6) is 0 Å². The van der Waals surface area contributed by atoms with Crippen LogP contribution < -0.4 is 4.90 Å². The third-order valence-electron chi connectivity index (χ3n) is 6.54. The molecule has 0 aliphatic carbocycles. The number of rotatable bonds is 6. The summed E-state index contributed by atoms with van der Waals surface area (Å²) in [6.45, 7) is 10.6. The quantitative estimate of drug-likeness (QED) is 0.502. The van der Waals surface area contributed by atoms with Crippen molar-refractivity contribution in [2.24, 2.45) is 0 Å². The third-order valence-corrected chi connectivity index (χ3v) is 6.54. The zero-order valence-electron chi connectivity index (χ0n) is 20.5. The maximum Gasteiger partial charge on any atom is 0.339 e. The number of aryl methyl sites for hydroxylation is 1. The molecule has 1 aliphatic heterocycles. The average Bonchev–Trinajstić information content (AvgIpc) is 3.15. The van der Waals surface area contributed by atoms with E-state index >= 15 is 0 Å². The Kier molecular flexibility index (Phi) is 7.06. The Labute approximate surface area is 201 Å². The third kappa shape index (κ3) is 4.86. The van der Waals surface area contributed by atoms with Crippen molar-refractivity contribution >= 4 is 17.6 Å². The summed E-state index contributed by atoms with van der Waals surface area (Å²) < 4.78 is 7.20. The standard InChI is InChI=1S/C28H33N3O3/c1-5-34-28(33)25-17-26(23-11-7-6-8-12-23)31(22(25)4)19-27(32)29-14-15-30(21(3)18-29)24-13-9-10-20(2)16-24/h6-13,16-17,21H,5,14-15,18-19H2,1-4H3/t21-/m1/s1. The number of aromatic nitrogens is 1. The van der Waals surface area contributed by atoms with Gasteiger partial charge in [-0.15, -0.1) is 0 Å². The predicted molar refractivity (Wildman–Crippen MR) is 135 cm³/mol. The van der Waals surface area contributed by atoms with Crippen LogP contribution in [0.2, 0.25) is 0 Å². The van der Waals surface area contributed by atoms with Crippen LogP contribution in [0.4, 0.5) is 5.69 Å². The largest absolute Gasteiger partial charge is 0.462 e. The van der Waals surface area contributed by atoms with E-state index in [0.29, 0.717) is 25.3 Å². The van der Waals surface area contributed by atoms with Gasteiger partial charge in [0.1, 0.15) is 6.54 Å². The SMILES string of the molecule is CCOC(=O)c1cc(-c2ccccc2)n(CC(=O)N2CCN(c3cccc(C)c3)[C@H](C)C2)c1C. The van der Waals surface area contributed by atoms with Crippen molar-refractivity contribution in [3.05, 3.63) is 77.5 Å². The van der Waals surface area contributed by atoms with E-state index in [2.05, 4.69) is 43.0 Å². The number of hydrogen-bond acceptors (Lipinski definition) is 4. The number of esters is 1. The van der Waals surface area contributed by atoms with Crippen LogP contribution in [-0.4, -0.2) is 53.6 Å². The Hall–Kier alpha value is -3.54. The molecule has 1 atom stereocenters. The zero-order chi connectivity index (χ0) is 24.2. The Morgan fingerprint density at radius 1 is 1.00 bits per heavy atom. The Balaban J connectivity index is 1.55. The maximum absolute atomic E-state index is 13.4. The van der Waals surface area contributed by atoms with E-state index in [4.69, 9.17) is 4.74 Å². The molecule has 178 valence electrons. The summed E-state index contributed by atoms with van der Waals surface area (Å²) in [6, 6.07) is 20.4. The molecule has 4 rings (SSSR count). The van der Waals surface area contributed by atoms with Crippen LogP contribution >= 0.6 is 0 Å². The molecule has 0 bridgehead atoms. The van der Waals surface area contributed by atoms with E-state index in [0.717, 1.165) is 23.5 Å². The molecule has 0 spiro atoms. The molecule has 1 saturated heterocycles. The van der Waals surface area contributed by atoms with Gasteiger partial charge >= 0.3 is 5.97 Å². The van der Waals surface area contributed by atoms with E-state index < -0.39 is 0 Å². The van der Waals surface area contributed by atoms with Gasteiger partial charge in [-0.1, -0.05) is 42.5 Å². The Morgan fingerprint density at radius 3 is 2.44 bits per heavy atom. The predicted octanol–water partition coefficient (Wildman–Crippen LogP) is 4.69. The molecule has 1 aliphatic rings. The van der Waals surface area contributed by atoms with Crippen LogP contribution in [0.25, 0.3) is 11.3 Å². The van der Waals surface area contributed by atoms with E-state index in [9.17, 15) is 9.59 Å². The first-order valence-electron chi connectivity index (χ1n) is 11.9. The first-order valence-corrected chi connectivity index (χ1v) is 11.9. The molecule has 1 aromatic heterocycles. The van der Waals surface area contributed by atoms with Gasteiger partial charge in [0.15, 0.2) is 0 Å². The molecule has 2 heterocycles. The van der Waals surface area contributed by atoms with Crippen LogP contribution in [0.1, 0.15) is 35.5 Å². The summed E-state index contributed by atoms with van der Waals surface area (Å²) in [5, 5.41) is 0. The summed E-state index contributed by atoms with van der Waals surface area (Å²) in [5.41, 5.74) is 5.50. The van der Waals surface area contributed by atoms with Gasteiger partial charge in [0.2, 0.25) is 5.91 Å². The lowest BCUT2D eigenvalue weighted by atomic mass is 10.1. The van der Waals surface area contributed by atoms with Crippen molar-refractivity contribution in [2.75, 3.05) is 31.1 Å². The highest BCUT2D eigenvalue weighted by Gasteiger charge is 2.28. The molecule has 0 saturated carbocycles. The summed E-state index contributed by atoms with van der Waals surface area (Å²) in [4.78, 5) is 30.3. The fraction of sp³-hybridized carbons (Fsp3) is 0.357. The second-order valence-corrected chi connectivity index (χ2v) is 8.92. The van der Waals surface area contributed by atoms with Gasteiger partial charge < -0.3 is 19.1 Å². The van der Waals surface area contributed by atoms with Gasteiger partial charge in [0, 0.05) is 42.8 Å². The van der Waals surface area contributed by atoms with Crippen molar-refractivity contribution in [1.29, 1.82) is 0 Å². The van der Waals surface area contributed by atoms with Gasteiger partial charge in [0.25, 0.3) is 0 Å². The fourth-order valence-corrected chi connectivity index (χ4v) is 4.72. The van der Waals surface area contributed by atoms with Gasteiger partial charge in [-0.2, -0.15) is 0 Å². The zero-order valence-corrected chi connectivity index (χ0v) is 20.5. The van der Waals surface area contributed by atoms with E-state index in [1.807, 2.05) is 52.8 Å². The lowest BCUT2D eigenvalue weighted by molar-refractivity contribution is -0.132. The molecular weight excluding hydrogens is 426 g/mol. The van der Waals surface area contributed by atoms with Crippen molar-refractivity contribution in [1.82, 2.24) is 9.47 Å². The molecule has 1 fully saturated rings. The summed E-state index contributed by atoms with van der Waals surface area (Å²) in [5.74, 6) is -0.300. The minimum Gasteiger partial charge on any atom is -0.462 e. The first kappa shape index (κ1) is 23.6. The summed E-state index contributed by atoms with van der Waals surface area (Å²) >= 11 is 0. The molecule has 0 radical (unpaired) electrons. The average molecular weight is 460 g/mol. The van der Waals surface area contributed by atoms with E-state index in [1.54, 1.807) is 6.92 Å². The van der Waals surface area contributed by atoms with Gasteiger partial charge in [-0.25, -0.2) is 4.79 Å². The molecule has 0 N–H and O–H groups in total. The molecular formula is C28H33N3O3. The Bertz CT molecular complexity index is 1170. The van der Waals surface area contributed by atoms with Crippen LogP contribution in [0, 0.1) is 13.8 Å². The van der Waals surface area contributed by atoms with Gasteiger partial charge in [-0.05, 0) is 57.0 Å². The Morgan fingerprint density at radius 2 is 1.76 bits per heavy atom. The lowest BCUT2D eigenvalue weighted by Crippen LogP contribution is -2.54.